The van der Waals surface area contributed by atoms with Gasteiger partial charge in [-0.05, 0) is 57.4 Å². The summed E-state index contributed by atoms with van der Waals surface area (Å²) in [6.45, 7) is 15.1. The fourth-order valence-electron chi connectivity index (χ4n) is 2.63. The summed E-state index contributed by atoms with van der Waals surface area (Å²) in [6.07, 6.45) is -15.1. The van der Waals surface area contributed by atoms with E-state index in [-0.39, 0.29) is 25.6 Å². The average Bonchev–Trinajstić information content (AvgIpc) is 2.67. The molecule has 0 saturated heterocycles. The van der Waals surface area contributed by atoms with Crippen molar-refractivity contribution in [3.63, 3.8) is 0 Å². The van der Waals surface area contributed by atoms with Crippen LogP contribution in [0.1, 0.15) is 26.7 Å². The van der Waals surface area contributed by atoms with Crippen LogP contribution >= 0.6 is 33.2 Å². The molecule has 0 heterocycles. The molecule has 0 aromatic rings. The summed E-state index contributed by atoms with van der Waals surface area (Å²) in [7, 11) is -7.68. The molecule has 0 fully saturated rings. The van der Waals surface area contributed by atoms with Crippen LogP contribution < -0.4 is 0 Å². The third-order valence-electron chi connectivity index (χ3n) is 4.71. The second-order valence-electron chi connectivity index (χ2n) is 11.2. The molecule has 0 aromatic heterocycles. The van der Waals surface area contributed by atoms with Crippen LogP contribution in [0.5, 0.6) is 0 Å². The van der Waals surface area contributed by atoms with Crippen LogP contribution in [0, 0.1) is 0 Å². The zero-order valence-electron chi connectivity index (χ0n) is 24.2. The van der Waals surface area contributed by atoms with Crippen molar-refractivity contribution in [1.29, 1.82) is 0 Å². The second kappa shape index (κ2) is 18.8. The van der Waals surface area contributed by atoms with Crippen LogP contribution in [0.2, 0.25) is 64.0 Å². The third-order valence-corrected chi connectivity index (χ3v) is 21.2. The second-order valence-corrected chi connectivity index (χ2v) is 46.4. The summed E-state index contributed by atoms with van der Waals surface area (Å²) in [6, 6.07) is -0.0775. The normalized spacial score (nSPS) is 14.9. The molecule has 1 unspecified atom stereocenters. The highest BCUT2D eigenvalue weighted by Crippen LogP contribution is 2.32. The van der Waals surface area contributed by atoms with E-state index >= 15 is 0 Å². The van der Waals surface area contributed by atoms with Crippen molar-refractivity contribution in [1.82, 2.24) is 0 Å². The van der Waals surface area contributed by atoms with E-state index in [4.69, 9.17) is 41.5 Å². The molecule has 1 atom stereocenters. The minimum Gasteiger partial charge on any atom is -0.433 e. The minimum absolute atomic E-state index is 0. The minimum atomic E-state index is -4.26. The lowest BCUT2D eigenvalue weighted by atomic mass is 10.5. The first-order valence-electron chi connectivity index (χ1n) is 12.1. The maximum Gasteiger partial charge on any atom is 0.388 e. The molecular formula is C21H46Cl3F9O2Si6. The Bertz CT molecular complexity index is 707. The topological polar surface area (TPSA) is 18.5 Å². The summed E-state index contributed by atoms with van der Waals surface area (Å²) in [4.78, 5) is 0. The Hall–Kier alpha value is 0.941. The molecule has 0 rings (SSSR count). The first kappa shape index (κ1) is 48.8. The van der Waals surface area contributed by atoms with E-state index in [1.165, 1.54) is 5.70 Å². The van der Waals surface area contributed by atoms with Crippen LogP contribution in [-0.4, -0.2) is 67.1 Å². The van der Waals surface area contributed by atoms with E-state index in [1.807, 2.05) is 0 Å². The number of alkyl halides is 9. The Labute approximate surface area is 262 Å². The highest BCUT2D eigenvalue weighted by Gasteiger charge is 2.44. The fourth-order valence-corrected chi connectivity index (χ4v) is 17.1. The maximum absolute atomic E-state index is 12.4. The standard InChI is InChI=1S/C13H26F6O2Si3.C4H10ClF3Si2.C3H6Cl2Si.CH4/c1-7-24(6,20-22(2,3)10-8-12(14,15)16)21-23(4,5)11-9-13(17,18)19;1-10(5,9)3-2-4(6,7)8;1-3-6(2,4)5;/h7H,1,8-11H2,2-6H3;2-3H2,1,9H3;3H,1H2,2H3;1H4. The van der Waals surface area contributed by atoms with Gasteiger partial charge in [0.05, 0.1) is 0 Å². The highest BCUT2D eigenvalue weighted by molar-refractivity contribution is 7.47. The molecule has 250 valence electrons. The summed E-state index contributed by atoms with van der Waals surface area (Å²) in [5.41, 5.74) is 3.05. The molecule has 20 heteroatoms. The van der Waals surface area contributed by atoms with Gasteiger partial charge in [-0.2, -0.15) is 50.6 Å². The highest BCUT2D eigenvalue weighted by atomic mass is 35.7. The number of rotatable bonds is 12. The zero-order chi connectivity index (χ0) is 33.1. The molecule has 0 saturated carbocycles. The van der Waals surface area contributed by atoms with Crippen molar-refractivity contribution >= 4 is 81.8 Å². The molecule has 0 aromatic carbocycles. The molecule has 0 aliphatic heterocycles. The number of hydrogen-bond donors (Lipinski definition) is 0. The van der Waals surface area contributed by atoms with Gasteiger partial charge in [-0.25, -0.2) is 0 Å². The lowest BCUT2D eigenvalue weighted by Gasteiger charge is -2.39. The molecule has 0 spiro atoms. The molecule has 0 amide bonds. The van der Waals surface area contributed by atoms with Gasteiger partial charge < -0.3 is 8.23 Å². The van der Waals surface area contributed by atoms with Crippen LogP contribution in [0.15, 0.2) is 24.6 Å². The number of halogens is 12. The first-order chi connectivity index (χ1) is 17.2. The molecule has 2 nitrogen and oxygen atoms in total. The zero-order valence-corrected chi connectivity index (χ0v) is 33.4. The number of hydrogen-bond acceptors (Lipinski definition) is 2. The van der Waals surface area contributed by atoms with Crippen molar-refractivity contribution in [2.45, 2.75) is 109 Å². The van der Waals surface area contributed by atoms with Crippen LogP contribution in [0.4, 0.5) is 39.5 Å². The van der Waals surface area contributed by atoms with Crippen LogP contribution in [0.25, 0.3) is 0 Å². The summed E-state index contributed by atoms with van der Waals surface area (Å²) < 4.78 is 121. The van der Waals surface area contributed by atoms with Gasteiger partial charge in [0.2, 0.25) is 0 Å². The van der Waals surface area contributed by atoms with Crippen LogP contribution in [-0.2, 0) is 8.23 Å². The molecule has 41 heavy (non-hydrogen) atoms. The van der Waals surface area contributed by atoms with Gasteiger partial charge in [0, 0.05) is 29.0 Å². The van der Waals surface area contributed by atoms with E-state index in [9.17, 15) is 39.5 Å². The quantitative estimate of drug-likeness (QED) is 0.112. The van der Waals surface area contributed by atoms with Gasteiger partial charge in [-0.15, -0.1) is 35.3 Å². The van der Waals surface area contributed by atoms with E-state index in [2.05, 4.69) is 13.2 Å². The van der Waals surface area contributed by atoms with Gasteiger partial charge in [0.25, 0.3) is 6.69 Å². The summed E-state index contributed by atoms with van der Waals surface area (Å²) >= 11 is 16.7. The van der Waals surface area contributed by atoms with Gasteiger partial charge in [-0.1, -0.05) is 25.4 Å². The third kappa shape index (κ3) is 38.9. The fraction of sp³-hybridized carbons (Fsp3) is 0.810. The molecule has 0 radical (unpaired) electrons. The Morgan fingerprint density at radius 2 is 0.854 bits per heavy atom. The monoisotopic (exact) mass is 774 g/mol. The van der Waals surface area contributed by atoms with Crippen molar-refractivity contribution in [3.8, 4) is 0 Å². The Kier molecular flexibility index (Phi) is 22.4. The predicted molar refractivity (Wildman–Crippen MR) is 173 cm³/mol. The molecule has 0 aliphatic carbocycles. The van der Waals surface area contributed by atoms with Gasteiger partial charge in [0.1, 0.15) is 6.90 Å². The van der Waals surface area contributed by atoms with Crippen molar-refractivity contribution < 1.29 is 47.7 Å². The van der Waals surface area contributed by atoms with E-state index in [0.29, 0.717) is 0 Å². The summed E-state index contributed by atoms with van der Waals surface area (Å²) in [5, 5.41) is 0. The van der Waals surface area contributed by atoms with E-state index < -0.39 is 76.6 Å². The van der Waals surface area contributed by atoms with Crippen molar-refractivity contribution in [2.24, 2.45) is 0 Å². The first-order valence-corrected chi connectivity index (χ1v) is 32.5. The predicted octanol–water partition coefficient (Wildman–Crippen LogP) is 10.6. The average molecular weight is 776 g/mol. The maximum atomic E-state index is 12.4. The van der Waals surface area contributed by atoms with Crippen molar-refractivity contribution in [3.05, 3.63) is 24.6 Å². The smallest absolute Gasteiger partial charge is 0.388 e. The van der Waals surface area contributed by atoms with Crippen molar-refractivity contribution in [2.75, 3.05) is 0 Å². The molecule has 0 N–H and O–H groups in total. The molecular weight excluding hydrogens is 730 g/mol. The molecule has 0 aliphatic rings. The van der Waals surface area contributed by atoms with E-state index in [0.717, 1.165) is 9.76 Å². The summed E-state index contributed by atoms with van der Waals surface area (Å²) in [5.74, 6) is 0. The molecule has 0 bridgehead atoms. The van der Waals surface area contributed by atoms with Gasteiger partial charge >= 0.3 is 27.1 Å². The lowest BCUT2D eigenvalue weighted by Crippen LogP contribution is -2.53. The Balaban J connectivity index is -0.000000330. The Morgan fingerprint density at radius 3 is 1.00 bits per heavy atom. The van der Waals surface area contributed by atoms with E-state index in [1.54, 1.807) is 51.5 Å². The van der Waals surface area contributed by atoms with Crippen LogP contribution in [0.3, 0.4) is 0 Å². The largest absolute Gasteiger partial charge is 0.433 e. The van der Waals surface area contributed by atoms with Gasteiger partial charge in [0.15, 0.2) is 16.6 Å². The SMILES string of the molecule is C.C=C[Si](C)(Cl)Cl.C=C[Si](C)(O[Si](C)(C)CCC(F)(F)F)O[Si](C)(C)CCC(F)(F)F.C[Si]([SiH3])(Cl)CCC(F)(F)F. The Morgan fingerprint density at radius 1 is 0.610 bits per heavy atom. The van der Waals surface area contributed by atoms with Gasteiger partial charge in [-0.3, -0.25) is 0 Å². The lowest BCUT2D eigenvalue weighted by molar-refractivity contribution is -0.131.